The van der Waals surface area contributed by atoms with Crippen molar-refractivity contribution in [1.82, 2.24) is 4.90 Å². The third-order valence-electron chi connectivity index (χ3n) is 6.24. The Hall–Kier alpha value is -1.08. The first-order valence-electron chi connectivity index (χ1n) is 10.2. The Morgan fingerprint density at radius 3 is 2.54 bits per heavy atom. The van der Waals surface area contributed by atoms with Crippen molar-refractivity contribution in [2.24, 2.45) is 5.92 Å². The van der Waals surface area contributed by atoms with E-state index in [0.29, 0.717) is 0 Å². The van der Waals surface area contributed by atoms with Crippen LogP contribution in [-0.4, -0.2) is 24.0 Å². The predicted octanol–water partition coefficient (Wildman–Crippen LogP) is 5.87. The minimum absolute atomic E-state index is 0.838. The first-order valence-corrected chi connectivity index (χ1v) is 10.2. The third-order valence-corrected chi connectivity index (χ3v) is 6.24. The molecular weight excluding hydrogens is 290 g/mol. The molecule has 1 nitrogen and oxygen atoms in total. The summed E-state index contributed by atoms with van der Waals surface area (Å²) in [4.78, 5) is 2.83. The van der Waals surface area contributed by atoms with Crippen LogP contribution < -0.4 is 0 Å². The van der Waals surface area contributed by atoms with Gasteiger partial charge in [0.25, 0.3) is 0 Å². The first kappa shape index (κ1) is 17.7. The van der Waals surface area contributed by atoms with E-state index in [4.69, 9.17) is 0 Å². The highest BCUT2D eigenvalue weighted by Crippen LogP contribution is 2.33. The summed E-state index contributed by atoms with van der Waals surface area (Å²) in [6, 6.07) is 7.98. The van der Waals surface area contributed by atoms with Crippen LogP contribution in [0.3, 0.4) is 0 Å². The van der Waals surface area contributed by atoms with E-state index in [1.54, 1.807) is 5.56 Å². The van der Waals surface area contributed by atoms with Crippen molar-refractivity contribution in [3.8, 4) is 0 Å². The summed E-state index contributed by atoms with van der Waals surface area (Å²) >= 11 is 0. The van der Waals surface area contributed by atoms with E-state index in [0.717, 1.165) is 18.4 Å². The molecule has 132 valence electrons. The Morgan fingerprint density at radius 1 is 1.08 bits per heavy atom. The summed E-state index contributed by atoms with van der Waals surface area (Å²) in [6.45, 7) is 11.2. The van der Waals surface area contributed by atoms with Crippen LogP contribution in [0.15, 0.2) is 24.8 Å². The number of benzene rings is 1. The van der Waals surface area contributed by atoms with Crippen LogP contribution in [0.2, 0.25) is 0 Å². The van der Waals surface area contributed by atoms with Crippen molar-refractivity contribution < 1.29 is 0 Å². The number of likely N-dealkylation sites (tertiary alicyclic amines) is 1. The molecule has 1 heteroatoms. The van der Waals surface area contributed by atoms with Gasteiger partial charge in [0.05, 0.1) is 0 Å². The molecule has 2 atom stereocenters. The Morgan fingerprint density at radius 2 is 1.83 bits per heavy atom. The van der Waals surface area contributed by atoms with E-state index in [9.17, 15) is 0 Å². The fraction of sp³-hybridized carbons (Fsp3) is 0.652. The van der Waals surface area contributed by atoms with Gasteiger partial charge in [0.2, 0.25) is 0 Å². The van der Waals surface area contributed by atoms with Crippen molar-refractivity contribution in [3.63, 3.8) is 0 Å². The van der Waals surface area contributed by atoms with Crippen molar-refractivity contribution in [3.05, 3.63) is 41.5 Å². The highest BCUT2D eigenvalue weighted by atomic mass is 15.2. The summed E-state index contributed by atoms with van der Waals surface area (Å²) in [6.07, 6.45) is 12.4. The third kappa shape index (κ3) is 4.11. The van der Waals surface area contributed by atoms with Crippen molar-refractivity contribution in [2.45, 2.75) is 77.7 Å². The zero-order valence-corrected chi connectivity index (χ0v) is 15.8. The Balaban J connectivity index is 1.73. The second-order valence-electron chi connectivity index (χ2n) is 8.04. The van der Waals surface area contributed by atoms with Crippen molar-refractivity contribution >= 4 is 5.57 Å². The lowest BCUT2D eigenvalue weighted by Gasteiger charge is -2.42. The topological polar surface area (TPSA) is 3.24 Å². The van der Waals surface area contributed by atoms with E-state index in [1.807, 2.05) is 0 Å². The molecule has 0 amide bonds. The summed E-state index contributed by atoms with van der Waals surface area (Å²) in [5.74, 6) is 0.859. The molecule has 1 heterocycles. The molecule has 1 aliphatic heterocycles. The number of piperidine rings is 1. The summed E-state index contributed by atoms with van der Waals surface area (Å²) in [7, 11) is 0. The van der Waals surface area contributed by atoms with Gasteiger partial charge in [-0.2, -0.15) is 0 Å². The fourth-order valence-electron chi connectivity index (χ4n) is 4.94. The van der Waals surface area contributed by atoms with Crippen LogP contribution in [0.4, 0.5) is 0 Å². The van der Waals surface area contributed by atoms with Gasteiger partial charge in [-0.3, -0.25) is 0 Å². The zero-order valence-electron chi connectivity index (χ0n) is 15.8. The molecule has 1 aliphatic carbocycles. The maximum absolute atomic E-state index is 4.15. The smallest absolute Gasteiger partial charge is 0.0127 e. The molecular formula is C23H35N. The molecule has 0 aromatic heterocycles. The van der Waals surface area contributed by atoms with Gasteiger partial charge >= 0.3 is 0 Å². The Bertz CT molecular complexity index is 553. The molecule has 2 unspecified atom stereocenters. The second kappa shape index (κ2) is 8.34. The number of allylic oxidation sites excluding steroid dienone is 1. The number of hydrogen-bond acceptors (Lipinski definition) is 1. The number of rotatable bonds is 5. The Labute approximate surface area is 149 Å². The molecule has 0 spiro atoms. The fourth-order valence-corrected chi connectivity index (χ4v) is 4.94. The van der Waals surface area contributed by atoms with E-state index >= 15 is 0 Å². The maximum Gasteiger partial charge on any atom is 0.0127 e. The molecule has 3 rings (SSSR count). The van der Waals surface area contributed by atoms with Gasteiger partial charge in [-0.05, 0) is 81.1 Å². The monoisotopic (exact) mass is 325 g/mol. The maximum atomic E-state index is 4.15. The van der Waals surface area contributed by atoms with Crippen LogP contribution in [0.1, 0.15) is 75.5 Å². The van der Waals surface area contributed by atoms with Gasteiger partial charge < -0.3 is 4.90 Å². The average Bonchev–Trinajstić information content (AvgIpc) is 2.62. The van der Waals surface area contributed by atoms with E-state index in [-0.39, 0.29) is 0 Å². The summed E-state index contributed by atoms with van der Waals surface area (Å²) in [5.41, 5.74) is 5.58. The average molecular weight is 326 g/mol. The predicted molar refractivity (Wildman–Crippen MR) is 105 cm³/mol. The van der Waals surface area contributed by atoms with E-state index < -0.39 is 0 Å². The molecule has 2 aliphatic rings. The van der Waals surface area contributed by atoms with Gasteiger partial charge in [0.1, 0.15) is 0 Å². The molecule has 0 radical (unpaired) electrons. The number of nitrogens with zero attached hydrogens (tertiary/aromatic N) is 1. The van der Waals surface area contributed by atoms with Crippen LogP contribution >= 0.6 is 0 Å². The summed E-state index contributed by atoms with van der Waals surface area (Å²) < 4.78 is 0. The minimum atomic E-state index is 0.838. The Kier molecular flexibility index (Phi) is 6.16. The lowest BCUT2D eigenvalue weighted by atomic mass is 9.79. The van der Waals surface area contributed by atoms with Gasteiger partial charge in [0.15, 0.2) is 0 Å². The molecule has 2 fully saturated rings. The number of hydrogen-bond donors (Lipinski definition) is 0. The first-order chi connectivity index (χ1) is 11.7. The van der Waals surface area contributed by atoms with Gasteiger partial charge in [-0.1, -0.05) is 56.5 Å². The molecule has 0 N–H and O–H groups in total. The molecule has 1 aromatic rings. The van der Waals surface area contributed by atoms with Gasteiger partial charge in [0, 0.05) is 6.04 Å². The highest BCUT2D eigenvalue weighted by Gasteiger charge is 2.30. The molecule has 1 saturated heterocycles. The molecule has 24 heavy (non-hydrogen) atoms. The van der Waals surface area contributed by atoms with E-state index in [2.05, 4.69) is 43.5 Å². The minimum Gasteiger partial charge on any atom is -0.300 e. The summed E-state index contributed by atoms with van der Waals surface area (Å²) in [5, 5.41) is 0. The molecule has 0 bridgehead atoms. The van der Waals surface area contributed by atoms with Crippen LogP contribution in [-0.2, 0) is 12.8 Å². The largest absolute Gasteiger partial charge is 0.300 e. The zero-order chi connectivity index (χ0) is 16.9. The number of aryl methyl sites for hydroxylation is 1. The lowest BCUT2D eigenvalue weighted by molar-refractivity contribution is 0.0846. The SMILES string of the molecule is C=C(C)c1ccc(CC2CCCCC2N2CCCCC2)cc1CC. The van der Waals surface area contributed by atoms with Crippen molar-refractivity contribution in [1.29, 1.82) is 0 Å². The molecule has 1 aromatic carbocycles. The van der Waals surface area contributed by atoms with Crippen LogP contribution in [0, 0.1) is 5.92 Å². The van der Waals surface area contributed by atoms with Crippen molar-refractivity contribution in [2.75, 3.05) is 13.1 Å². The highest BCUT2D eigenvalue weighted by molar-refractivity contribution is 5.65. The van der Waals surface area contributed by atoms with Gasteiger partial charge in [-0.25, -0.2) is 0 Å². The van der Waals surface area contributed by atoms with Gasteiger partial charge in [-0.15, -0.1) is 0 Å². The normalized spacial score (nSPS) is 25.6. The van der Waals surface area contributed by atoms with Crippen LogP contribution in [0.5, 0.6) is 0 Å². The lowest BCUT2D eigenvalue weighted by Crippen LogP contribution is -2.45. The van der Waals surface area contributed by atoms with E-state index in [1.165, 1.54) is 81.2 Å². The quantitative estimate of drug-likeness (QED) is 0.654. The molecule has 1 saturated carbocycles. The van der Waals surface area contributed by atoms with Crippen LogP contribution in [0.25, 0.3) is 5.57 Å². The second-order valence-corrected chi connectivity index (χ2v) is 8.04. The standard InChI is InChI=1S/C23H35N/c1-4-20-16-19(12-13-22(20)18(2)3)17-21-10-6-7-11-23(21)24-14-8-5-9-15-24/h12-13,16,21,23H,2,4-11,14-15,17H2,1,3H3.